The van der Waals surface area contributed by atoms with Gasteiger partial charge in [-0.05, 0) is 36.8 Å². The topological polar surface area (TPSA) is 80.9 Å². The largest absolute Gasteiger partial charge is 0.507 e. The van der Waals surface area contributed by atoms with E-state index in [1.807, 2.05) is 30.3 Å². The van der Waals surface area contributed by atoms with Gasteiger partial charge in [0.05, 0.1) is 28.5 Å². The van der Waals surface area contributed by atoms with Crippen molar-refractivity contribution in [2.45, 2.75) is 13.0 Å². The Morgan fingerprint density at radius 1 is 1.08 bits per heavy atom. The number of halogens is 1. The van der Waals surface area contributed by atoms with Crippen LogP contribution in [-0.2, 0) is 9.53 Å². The molecule has 8 heteroatoms. The molecule has 4 aromatic rings. The number of esters is 1. The Labute approximate surface area is 209 Å². The second-order valence-electron chi connectivity index (χ2n) is 8.04. The van der Waals surface area contributed by atoms with Crippen molar-refractivity contribution in [3.05, 3.63) is 127 Å². The maximum atomic E-state index is 13.8. The molecule has 180 valence electrons. The summed E-state index contributed by atoms with van der Waals surface area (Å²) in [6.45, 7) is 1.84. The predicted octanol–water partition coefficient (Wildman–Crippen LogP) is 3.78. The molecule has 2 heterocycles. The van der Waals surface area contributed by atoms with Crippen LogP contribution in [0.1, 0.15) is 29.7 Å². The number of nitrogens with zero attached hydrogens (tertiary/aromatic N) is 2. The third-order valence-electron chi connectivity index (χ3n) is 5.78. The van der Waals surface area contributed by atoms with E-state index in [0.717, 1.165) is 11.3 Å². The van der Waals surface area contributed by atoms with Gasteiger partial charge in [0.1, 0.15) is 11.6 Å². The first-order valence-electron chi connectivity index (χ1n) is 11.3. The summed E-state index contributed by atoms with van der Waals surface area (Å²) in [6.07, 6.45) is 1.59. The fraction of sp³-hybridized carbons (Fsp3) is 0.107. The van der Waals surface area contributed by atoms with Crippen LogP contribution >= 0.6 is 11.3 Å². The van der Waals surface area contributed by atoms with Crippen molar-refractivity contribution in [3.63, 3.8) is 0 Å². The van der Waals surface area contributed by atoms with E-state index in [4.69, 9.17) is 9.73 Å². The van der Waals surface area contributed by atoms with Crippen LogP contribution in [0.2, 0.25) is 0 Å². The third kappa shape index (κ3) is 4.27. The van der Waals surface area contributed by atoms with E-state index >= 15 is 0 Å². The minimum Gasteiger partial charge on any atom is -0.507 e. The van der Waals surface area contributed by atoms with Crippen LogP contribution in [0.25, 0.3) is 11.8 Å². The Balaban J connectivity index is 1.84. The molecule has 1 aliphatic rings. The average molecular weight is 501 g/mol. The molecule has 0 saturated heterocycles. The summed E-state index contributed by atoms with van der Waals surface area (Å²) in [7, 11) is 0. The van der Waals surface area contributed by atoms with Gasteiger partial charge in [-0.3, -0.25) is 9.36 Å². The van der Waals surface area contributed by atoms with Gasteiger partial charge >= 0.3 is 5.97 Å². The zero-order valence-corrected chi connectivity index (χ0v) is 20.0. The lowest BCUT2D eigenvalue weighted by atomic mass is 9.93. The zero-order chi connectivity index (χ0) is 25.2. The first-order chi connectivity index (χ1) is 17.5. The average Bonchev–Trinajstić information content (AvgIpc) is 3.20. The molecule has 6 nitrogen and oxygen atoms in total. The van der Waals surface area contributed by atoms with Gasteiger partial charge in [-0.15, -0.1) is 0 Å². The number of aromatic hydroxyl groups is 1. The molecule has 5 rings (SSSR count). The van der Waals surface area contributed by atoms with E-state index in [1.165, 1.54) is 22.8 Å². The molecule has 0 saturated carbocycles. The van der Waals surface area contributed by atoms with Crippen molar-refractivity contribution in [2.24, 2.45) is 4.99 Å². The SMILES string of the molecule is CCOC(=O)C1=C(c2ccccc2)N=c2s/c(=C/c3ccccc3O)c(=O)n2[C@H]1c1ccc(F)cc1. The van der Waals surface area contributed by atoms with Crippen LogP contribution in [0.15, 0.2) is 94.2 Å². The number of fused-ring (bicyclic) bond motifs is 1. The number of carbonyl (C=O) groups excluding carboxylic acids is 1. The van der Waals surface area contributed by atoms with E-state index in [9.17, 15) is 19.1 Å². The second-order valence-corrected chi connectivity index (χ2v) is 9.05. The third-order valence-corrected chi connectivity index (χ3v) is 6.77. The summed E-state index contributed by atoms with van der Waals surface area (Å²) < 4.78 is 21.0. The Bertz CT molecular complexity index is 1650. The van der Waals surface area contributed by atoms with Crippen molar-refractivity contribution >= 4 is 29.1 Å². The number of hydrogen-bond donors (Lipinski definition) is 1. The van der Waals surface area contributed by atoms with Crippen molar-refractivity contribution in [1.82, 2.24) is 4.57 Å². The highest BCUT2D eigenvalue weighted by molar-refractivity contribution is 7.07. The molecule has 0 aliphatic carbocycles. The fourth-order valence-electron chi connectivity index (χ4n) is 4.15. The maximum Gasteiger partial charge on any atom is 0.338 e. The number of hydrogen-bond acceptors (Lipinski definition) is 6. The van der Waals surface area contributed by atoms with Crippen LogP contribution < -0.4 is 14.9 Å². The molecule has 0 bridgehead atoms. The van der Waals surface area contributed by atoms with Crippen LogP contribution in [0.3, 0.4) is 0 Å². The number of thiazole rings is 1. The van der Waals surface area contributed by atoms with Gasteiger partial charge in [0, 0.05) is 11.1 Å². The van der Waals surface area contributed by atoms with Crippen LogP contribution in [-0.4, -0.2) is 22.2 Å². The van der Waals surface area contributed by atoms with Gasteiger partial charge in [0.25, 0.3) is 5.56 Å². The minimum absolute atomic E-state index is 0.0376. The Morgan fingerprint density at radius 3 is 2.47 bits per heavy atom. The lowest BCUT2D eigenvalue weighted by Gasteiger charge is -2.25. The highest BCUT2D eigenvalue weighted by Crippen LogP contribution is 2.35. The standard InChI is InChI=1S/C28H21FN2O4S/c1-2-35-27(34)23-24(17-8-4-3-5-9-17)30-28-31(25(23)18-12-14-20(29)15-13-18)26(33)22(36-28)16-19-10-6-7-11-21(19)32/h3-16,25,32H,2H2,1H3/b22-16+/t25-/m0/s1. The van der Waals surface area contributed by atoms with Gasteiger partial charge in [0.15, 0.2) is 4.80 Å². The number of rotatable bonds is 5. The Morgan fingerprint density at radius 2 is 1.78 bits per heavy atom. The zero-order valence-electron chi connectivity index (χ0n) is 19.2. The number of benzene rings is 3. The summed E-state index contributed by atoms with van der Waals surface area (Å²) in [4.78, 5) is 32.2. The van der Waals surface area contributed by atoms with Crippen LogP contribution in [0.5, 0.6) is 5.75 Å². The molecular formula is C28H21FN2O4S. The molecule has 0 amide bonds. The molecule has 36 heavy (non-hydrogen) atoms. The molecule has 1 aliphatic heterocycles. The summed E-state index contributed by atoms with van der Waals surface area (Å²) in [6, 6.07) is 20.7. The van der Waals surface area contributed by atoms with Gasteiger partial charge in [-0.25, -0.2) is 14.2 Å². The highest BCUT2D eigenvalue weighted by Gasteiger charge is 2.35. The van der Waals surface area contributed by atoms with E-state index in [0.29, 0.717) is 31.7 Å². The lowest BCUT2D eigenvalue weighted by Crippen LogP contribution is -2.40. The van der Waals surface area contributed by atoms with Crippen LogP contribution in [0.4, 0.5) is 4.39 Å². The Hall–Kier alpha value is -4.30. The molecule has 1 atom stereocenters. The van der Waals surface area contributed by atoms with E-state index in [2.05, 4.69) is 0 Å². The molecule has 1 N–H and O–H groups in total. The summed E-state index contributed by atoms with van der Waals surface area (Å²) in [5, 5.41) is 10.2. The van der Waals surface area contributed by atoms with Crippen molar-refractivity contribution in [3.8, 4) is 5.75 Å². The maximum absolute atomic E-state index is 13.8. The number of carbonyl (C=O) groups is 1. The number of ether oxygens (including phenoxy) is 1. The number of phenolic OH excluding ortho intramolecular Hbond substituents is 1. The quantitative estimate of drug-likeness (QED) is 0.423. The minimum atomic E-state index is -0.886. The first kappa shape index (κ1) is 23.4. The monoisotopic (exact) mass is 500 g/mol. The Kier molecular flexibility index (Phi) is 6.35. The van der Waals surface area contributed by atoms with E-state index in [1.54, 1.807) is 43.3 Å². The van der Waals surface area contributed by atoms with E-state index in [-0.39, 0.29) is 23.5 Å². The van der Waals surface area contributed by atoms with Crippen LogP contribution in [0, 0.1) is 5.82 Å². The smallest absolute Gasteiger partial charge is 0.338 e. The second kappa shape index (κ2) is 9.75. The van der Waals surface area contributed by atoms with Gasteiger partial charge < -0.3 is 9.84 Å². The lowest BCUT2D eigenvalue weighted by molar-refractivity contribution is -0.138. The number of para-hydroxylation sites is 1. The normalized spacial score (nSPS) is 15.4. The number of phenols is 1. The number of aromatic nitrogens is 1. The predicted molar refractivity (Wildman–Crippen MR) is 136 cm³/mol. The summed E-state index contributed by atoms with van der Waals surface area (Å²) in [5.41, 5.74) is 1.90. The van der Waals surface area contributed by atoms with Crippen molar-refractivity contribution in [2.75, 3.05) is 6.61 Å². The van der Waals surface area contributed by atoms with Crippen molar-refractivity contribution < 1.29 is 19.0 Å². The van der Waals surface area contributed by atoms with E-state index < -0.39 is 17.8 Å². The summed E-state index contributed by atoms with van der Waals surface area (Å²) >= 11 is 1.15. The molecule has 0 unspecified atom stereocenters. The van der Waals surface area contributed by atoms with Crippen molar-refractivity contribution in [1.29, 1.82) is 0 Å². The molecular weight excluding hydrogens is 479 g/mol. The van der Waals surface area contributed by atoms with Gasteiger partial charge in [-0.2, -0.15) is 0 Å². The fourth-order valence-corrected chi connectivity index (χ4v) is 5.14. The molecule has 0 spiro atoms. The molecule has 0 fully saturated rings. The molecule has 3 aromatic carbocycles. The van der Waals surface area contributed by atoms with Gasteiger partial charge in [-0.1, -0.05) is 72.0 Å². The highest BCUT2D eigenvalue weighted by atomic mass is 32.1. The summed E-state index contributed by atoms with van der Waals surface area (Å²) in [5.74, 6) is -1.00. The molecule has 1 aromatic heterocycles. The molecule has 0 radical (unpaired) electrons. The van der Waals surface area contributed by atoms with Gasteiger partial charge in [0.2, 0.25) is 0 Å². The first-order valence-corrected chi connectivity index (χ1v) is 12.1.